The minimum atomic E-state index is 0.405. The molecule has 1 rings (SSSR count). The fourth-order valence-electron chi connectivity index (χ4n) is 1.04. The Balaban J connectivity index is 2.54. The number of benzene rings is 1. The van der Waals surface area contributed by atoms with Gasteiger partial charge in [-0.2, -0.15) is 0 Å². The van der Waals surface area contributed by atoms with Gasteiger partial charge in [0.05, 0.1) is 26.7 Å². The summed E-state index contributed by atoms with van der Waals surface area (Å²) in [6.07, 6.45) is 1.39. The normalized spacial score (nSPS) is 10.2. The fourth-order valence-corrected chi connectivity index (χ4v) is 1.78. The third-order valence-electron chi connectivity index (χ3n) is 1.80. The number of hydrogen-bond acceptors (Lipinski definition) is 2. The van der Waals surface area contributed by atoms with Gasteiger partial charge in [0, 0.05) is 12.5 Å². The first-order valence-electron chi connectivity index (χ1n) is 4.56. The first kappa shape index (κ1) is 13.8. The van der Waals surface area contributed by atoms with Crippen molar-refractivity contribution in [2.24, 2.45) is 5.73 Å². The molecule has 0 bridgehead atoms. The molecule has 0 aliphatic rings. The van der Waals surface area contributed by atoms with Crippen LogP contribution in [0.1, 0.15) is 12.8 Å². The van der Waals surface area contributed by atoms with Crippen LogP contribution in [0.3, 0.4) is 0 Å². The maximum absolute atomic E-state index is 5.92. The molecule has 0 aromatic heterocycles. The van der Waals surface area contributed by atoms with Crippen LogP contribution in [0.25, 0.3) is 0 Å². The van der Waals surface area contributed by atoms with E-state index in [0.29, 0.717) is 38.8 Å². The summed E-state index contributed by atoms with van der Waals surface area (Å²) in [5.74, 6) is 0.513. The third-order valence-corrected chi connectivity index (χ3v) is 3.02. The van der Waals surface area contributed by atoms with E-state index >= 15 is 0 Å². The number of ether oxygens (including phenoxy) is 1. The monoisotopic (exact) mass is 297 g/mol. The van der Waals surface area contributed by atoms with Crippen LogP contribution < -0.4 is 10.5 Å². The average molecular weight is 299 g/mol. The Labute approximate surface area is 115 Å². The summed E-state index contributed by atoms with van der Waals surface area (Å²) in [6.45, 7) is 0.481. The molecule has 16 heavy (non-hydrogen) atoms. The van der Waals surface area contributed by atoms with Crippen molar-refractivity contribution in [3.63, 3.8) is 0 Å². The van der Waals surface area contributed by atoms with Gasteiger partial charge in [0.15, 0.2) is 0 Å². The van der Waals surface area contributed by atoms with E-state index < -0.39 is 0 Å². The van der Waals surface area contributed by atoms with Crippen LogP contribution in [0, 0.1) is 0 Å². The molecule has 0 fully saturated rings. The predicted molar refractivity (Wildman–Crippen MR) is 73.0 cm³/mol. The number of thiocarbonyl (C=S) groups is 1. The zero-order valence-corrected chi connectivity index (χ0v) is 11.4. The van der Waals surface area contributed by atoms with E-state index in [2.05, 4.69) is 0 Å². The highest BCUT2D eigenvalue weighted by Gasteiger charge is 2.06. The highest BCUT2D eigenvalue weighted by molar-refractivity contribution is 7.80. The average Bonchev–Trinajstić information content (AvgIpc) is 2.19. The Morgan fingerprint density at radius 1 is 1.19 bits per heavy atom. The lowest BCUT2D eigenvalue weighted by atomic mass is 10.3. The molecule has 0 saturated heterocycles. The van der Waals surface area contributed by atoms with E-state index in [-0.39, 0.29) is 0 Å². The van der Waals surface area contributed by atoms with Crippen LogP contribution in [-0.2, 0) is 0 Å². The van der Waals surface area contributed by atoms with E-state index in [9.17, 15) is 0 Å². The summed E-state index contributed by atoms with van der Waals surface area (Å²) < 4.78 is 5.43. The second kappa shape index (κ2) is 6.50. The van der Waals surface area contributed by atoms with Crippen molar-refractivity contribution < 1.29 is 4.74 Å². The lowest BCUT2D eigenvalue weighted by Crippen LogP contribution is -2.09. The summed E-state index contributed by atoms with van der Waals surface area (Å²) in [5, 5.41) is 1.25. The van der Waals surface area contributed by atoms with Crippen molar-refractivity contribution in [2.45, 2.75) is 12.8 Å². The molecule has 6 heteroatoms. The van der Waals surface area contributed by atoms with Crippen molar-refractivity contribution in [2.75, 3.05) is 6.61 Å². The minimum absolute atomic E-state index is 0.405. The van der Waals surface area contributed by atoms with Gasteiger partial charge in [0.1, 0.15) is 5.75 Å². The smallest absolute Gasteiger partial charge is 0.139 e. The third kappa shape index (κ3) is 4.34. The quantitative estimate of drug-likeness (QED) is 0.505. The van der Waals surface area contributed by atoms with Crippen molar-refractivity contribution >= 4 is 52.0 Å². The Bertz CT molecular complexity index is 398. The molecule has 0 saturated carbocycles. The molecule has 88 valence electrons. The molecular formula is C10H10Cl3NOS. The second-order valence-electron chi connectivity index (χ2n) is 3.12. The SMILES string of the molecule is NC(=S)CCCOc1cc(Cl)c(Cl)cc1Cl. The lowest BCUT2D eigenvalue weighted by molar-refractivity contribution is 0.314. The molecule has 0 spiro atoms. The molecular weight excluding hydrogens is 289 g/mol. The zero-order chi connectivity index (χ0) is 12.1. The van der Waals surface area contributed by atoms with Crippen LogP contribution >= 0.6 is 47.0 Å². The van der Waals surface area contributed by atoms with Crippen LogP contribution in [0.15, 0.2) is 12.1 Å². The first-order chi connectivity index (χ1) is 7.50. The van der Waals surface area contributed by atoms with Gasteiger partial charge in [-0.15, -0.1) is 0 Å². The van der Waals surface area contributed by atoms with Crippen LogP contribution in [0.2, 0.25) is 15.1 Å². The molecule has 2 nitrogen and oxygen atoms in total. The zero-order valence-electron chi connectivity index (χ0n) is 8.30. The van der Waals surface area contributed by atoms with Crippen molar-refractivity contribution in [3.8, 4) is 5.75 Å². The van der Waals surface area contributed by atoms with E-state index in [1.165, 1.54) is 0 Å². The summed E-state index contributed by atoms with van der Waals surface area (Å²) in [5.41, 5.74) is 5.36. The topological polar surface area (TPSA) is 35.2 Å². The van der Waals surface area contributed by atoms with E-state index in [1.807, 2.05) is 0 Å². The maximum Gasteiger partial charge on any atom is 0.139 e. The molecule has 0 aliphatic heterocycles. The lowest BCUT2D eigenvalue weighted by Gasteiger charge is -2.08. The highest BCUT2D eigenvalue weighted by atomic mass is 35.5. The van der Waals surface area contributed by atoms with E-state index in [4.69, 9.17) is 57.5 Å². The standard InChI is InChI=1S/C10H10Cl3NOS/c11-6-4-8(13)9(5-7(6)12)15-3-1-2-10(14)16/h4-5H,1-3H2,(H2,14,16). The van der Waals surface area contributed by atoms with Gasteiger partial charge >= 0.3 is 0 Å². The molecule has 0 aliphatic carbocycles. The van der Waals surface area contributed by atoms with Crippen molar-refractivity contribution in [1.82, 2.24) is 0 Å². The Hall–Kier alpha value is -0.220. The van der Waals surface area contributed by atoms with E-state index in [1.54, 1.807) is 12.1 Å². The molecule has 0 heterocycles. The fraction of sp³-hybridized carbons (Fsp3) is 0.300. The summed E-state index contributed by atoms with van der Waals surface area (Å²) >= 11 is 22.3. The summed E-state index contributed by atoms with van der Waals surface area (Å²) in [6, 6.07) is 3.14. The Kier molecular flexibility index (Phi) is 5.62. The number of halogens is 3. The van der Waals surface area contributed by atoms with Gasteiger partial charge in [-0.3, -0.25) is 0 Å². The highest BCUT2D eigenvalue weighted by Crippen LogP contribution is 2.33. The van der Waals surface area contributed by atoms with Gasteiger partial charge in [-0.1, -0.05) is 47.0 Å². The largest absolute Gasteiger partial charge is 0.492 e. The summed E-state index contributed by atoms with van der Waals surface area (Å²) in [7, 11) is 0. The summed E-state index contributed by atoms with van der Waals surface area (Å²) in [4.78, 5) is 0.476. The van der Waals surface area contributed by atoms with Gasteiger partial charge in [-0.05, 0) is 12.5 Å². The van der Waals surface area contributed by atoms with Crippen LogP contribution in [0.4, 0.5) is 0 Å². The second-order valence-corrected chi connectivity index (χ2v) is 4.86. The van der Waals surface area contributed by atoms with Gasteiger partial charge in [-0.25, -0.2) is 0 Å². The van der Waals surface area contributed by atoms with Crippen molar-refractivity contribution in [3.05, 3.63) is 27.2 Å². The molecule has 0 unspecified atom stereocenters. The number of hydrogen-bond donors (Lipinski definition) is 1. The predicted octanol–water partition coefficient (Wildman–Crippen LogP) is 4.09. The van der Waals surface area contributed by atoms with Crippen LogP contribution in [-0.4, -0.2) is 11.6 Å². The van der Waals surface area contributed by atoms with Gasteiger partial charge < -0.3 is 10.5 Å². The maximum atomic E-state index is 5.92. The van der Waals surface area contributed by atoms with Crippen molar-refractivity contribution in [1.29, 1.82) is 0 Å². The van der Waals surface area contributed by atoms with Gasteiger partial charge in [0.25, 0.3) is 0 Å². The first-order valence-corrected chi connectivity index (χ1v) is 6.10. The van der Waals surface area contributed by atoms with Gasteiger partial charge in [0.2, 0.25) is 0 Å². The number of nitrogens with two attached hydrogens (primary N) is 1. The molecule has 0 radical (unpaired) electrons. The molecule has 0 atom stereocenters. The van der Waals surface area contributed by atoms with E-state index in [0.717, 1.165) is 6.42 Å². The molecule has 1 aromatic carbocycles. The van der Waals surface area contributed by atoms with Crippen LogP contribution in [0.5, 0.6) is 5.75 Å². The minimum Gasteiger partial charge on any atom is -0.492 e. The Morgan fingerprint density at radius 2 is 1.81 bits per heavy atom. The number of rotatable bonds is 5. The Morgan fingerprint density at radius 3 is 2.44 bits per heavy atom. The molecule has 1 aromatic rings. The molecule has 2 N–H and O–H groups in total. The molecule has 0 amide bonds.